The van der Waals surface area contributed by atoms with E-state index in [1.165, 1.54) is 6.21 Å². The maximum Gasteiger partial charge on any atom is 0.329 e. The molecule has 0 atom stereocenters. The van der Waals surface area contributed by atoms with E-state index < -0.39 is 11.8 Å². The first kappa shape index (κ1) is 17.0. The second-order valence-corrected chi connectivity index (χ2v) is 5.51. The Hall–Kier alpha value is -2.37. The Morgan fingerprint density at radius 1 is 1.04 bits per heavy atom. The van der Waals surface area contributed by atoms with Crippen LogP contribution in [-0.4, -0.2) is 18.0 Å². The minimum Gasteiger partial charge on any atom is -0.318 e. The van der Waals surface area contributed by atoms with Gasteiger partial charge < -0.3 is 5.32 Å². The van der Waals surface area contributed by atoms with Gasteiger partial charge in [-0.25, -0.2) is 5.43 Å². The van der Waals surface area contributed by atoms with Crippen LogP contribution >= 0.6 is 23.2 Å². The lowest BCUT2D eigenvalue weighted by Crippen LogP contribution is -2.32. The van der Waals surface area contributed by atoms with Gasteiger partial charge in [-0.1, -0.05) is 41.4 Å². The third kappa shape index (κ3) is 5.09. The number of benzene rings is 2. The van der Waals surface area contributed by atoms with Gasteiger partial charge in [-0.05, 0) is 42.3 Å². The second kappa shape index (κ2) is 7.76. The van der Waals surface area contributed by atoms with Crippen LogP contribution < -0.4 is 10.7 Å². The van der Waals surface area contributed by atoms with Gasteiger partial charge >= 0.3 is 11.8 Å². The number of halogens is 2. The summed E-state index contributed by atoms with van der Waals surface area (Å²) < 4.78 is 0. The first-order chi connectivity index (χ1) is 11.0. The lowest BCUT2D eigenvalue weighted by molar-refractivity contribution is -0.136. The molecule has 23 heavy (non-hydrogen) atoms. The molecule has 7 heteroatoms. The lowest BCUT2D eigenvalue weighted by Gasteiger charge is -2.05. The van der Waals surface area contributed by atoms with Crippen molar-refractivity contribution in [1.82, 2.24) is 5.43 Å². The molecule has 0 aliphatic rings. The van der Waals surface area contributed by atoms with Gasteiger partial charge in [0.1, 0.15) is 0 Å². The minimum atomic E-state index is -0.882. The van der Waals surface area contributed by atoms with Gasteiger partial charge in [-0.15, -0.1) is 0 Å². The fourth-order valence-corrected chi connectivity index (χ4v) is 1.93. The van der Waals surface area contributed by atoms with E-state index >= 15 is 0 Å². The number of carbonyl (C=O) groups is 2. The molecule has 0 bridgehead atoms. The summed E-state index contributed by atoms with van der Waals surface area (Å²) >= 11 is 11.7. The van der Waals surface area contributed by atoms with Crippen LogP contribution in [0.1, 0.15) is 11.1 Å². The van der Waals surface area contributed by atoms with Crippen molar-refractivity contribution >= 4 is 46.9 Å². The number of hydrogen-bond donors (Lipinski definition) is 2. The van der Waals surface area contributed by atoms with Gasteiger partial charge in [-0.3, -0.25) is 9.59 Å². The monoisotopic (exact) mass is 349 g/mol. The minimum absolute atomic E-state index is 0.433. The molecule has 0 unspecified atom stereocenters. The molecule has 0 aliphatic carbocycles. The fourth-order valence-electron chi connectivity index (χ4n) is 1.62. The number of nitrogens with one attached hydrogen (secondary N) is 2. The zero-order chi connectivity index (χ0) is 16.8. The molecular formula is C16H13Cl2N3O2. The normalized spacial score (nSPS) is 10.6. The van der Waals surface area contributed by atoms with E-state index in [2.05, 4.69) is 15.8 Å². The van der Waals surface area contributed by atoms with Crippen molar-refractivity contribution in [2.45, 2.75) is 6.92 Å². The van der Waals surface area contributed by atoms with Crippen molar-refractivity contribution in [1.29, 1.82) is 0 Å². The first-order valence-corrected chi connectivity index (χ1v) is 7.37. The number of rotatable bonds is 3. The van der Waals surface area contributed by atoms with Crippen LogP contribution in [0.25, 0.3) is 0 Å². The summed E-state index contributed by atoms with van der Waals surface area (Å²) in [4.78, 5) is 23.4. The number of anilines is 1. The molecule has 2 aromatic rings. The number of amides is 2. The zero-order valence-corrected chi connectivity index (χ0v) is 13.7. The van der Waals surface area contributed by atoms with Crippen LogP contribution in [0.5, 0.6) is 0 Å². The summed E-state index contributed by atoms with van der Waals surface area (Å²) in [5, 5.41) is 7.25. The molecule has 0 saturated heterocycles. The average molecular weight is 350 g/mol. The smallest absolute Gasteiger partial charge is 0.318 e. The third-order valence-electron chi connectivity index (χ3n) is 2.89. The molecule has 5 nitrogen and oxygen atoms in total. The van der Waals surface area contributed by atoms with Gasteiger partial charge in [0.25, 0.3) is 0 Å². The van der Waals surface area contributed by atoms with Gasteiger partial charge in [0.2, 0.25) is 0 Å². The van der Waals surface area contributed by atoms with E-state index in [-0.39, 0.29) is 0 Å². The highest BCUT2D eigenvalue weighted by atomic mass is 35.5. The highest BCUT2D eigenvalue weighted by molar-refractivity contribution is 6.39. The summed E-state index contributed by atoms with van der Waals surface area (Å²) in [7, 11) is 0. The van der Waals surface area contributed by atoms with E-state index in [1.807, 2.05) is 6.92 Å². The maximum atomic E-state index is 11.7. The molecule has 0 heterocycles. The van der Waals surface area contributed by atoms with Crippen LogP contribution in [0, 0.1) is 6.92 Å². The summed E-state index contributed by atoms with van der Waals surface area (Å²) in [5.74, 6) is -1.72. The van der Waals surface area contributed by atoms with Crippen LogP contribution in [0.2, 0.25) is 10.0 Å². The number of hydrogen-bond acceptors (Lipinski definition) is 3. The Morgan fingerprint density at radius 2 is 1.74 bits per heavy atom. The van der Waals surface area contributed by atoms with E-state index in [4.69, 9.17) is 23.2 Å². The molecule has 118 valence electrons. The maximum absolute atomic E-state index is 11.7. The SMILES string of the molecule is Cc1ccc(NC(=O)C(=O)N/N=C/c2ccc(Cl)cc2)cc1Cl. The summed E-state index contributed by atoms with van der Waals surface area (Å²) in [6, 6.07) is 11.8. The number of carbonyl (C=O) groups excluding carboxylic acids is 2. The predicted octanol–water partition coefficient (Wildman–Crippen LogP) is 3.39. The molecule has 0 fully saturated rings. The van der Waals surface area contributed by atoms with Gasteiger partial charge in [0, 0.05) is 15.7 Å². The van der Waals surface area contributed by atoms with Crippen molar-refractivity contribution in [3.63, 3.8) is 0 Å². The summed E-state index contributed by atoms with van der Waals surface area (Å²) in [5.41, 5.74) is 4.19. The van der Waals surface area contributed by atoms with E-state index in [0.29, 0.717) is 15.7 Å². The quantitative estimate of drug-likeness (QED) is 0.506. The largest absolute Gasteiger partial charge is 0.329 e. The fraction of sp³-hybridized carbons (Fsp3) is 0.0625. The molecule has 0 aliphatic heterocycles. The van der Waals surface area contributed by atoms with Crippen LogP contribution in [0.15, 0.2) is 47.6 Å². The van der Waals surface area contributed by atoms with Crippen LogP contribution in [-0.2, 0) is 9.59 Å². The topological polar surface area (TPSA) is 70.6 Å². The molecule has 2 N–H and O–H groups in total. The third-order valence-corrected chi connectivity index (χ3v) is 3.54. The van der Waals surface area contributed by atoms with Crippen LogP contribution in [0.3, 0.4) is 0 Å². The molecule has 2 rings (SSSR count). The first-order valence-electron chi connectivity index (χ1n) is 6.62. The molecule has 0 saturated carbocycles. The Morgan fingerprint density at radius 3 is 2.39 bits per heavy atom. The van der Waals surface area contributed by atoms with E-state index in [0.717, 1.165) is 11.1 Å². The second-order valence-electron chi connectivity index (χ2n) is 4.67. The number of nitrogens with zero attached hydrogens (tertiary/aromatic N) is 1. The van der Waals surface area contributed by atoms with Crippen LogP contribution in [0.4, 0.5) is 5.69 Å². The zero-order valence-electron chi connectivity index (χ0n) is 12.1. The molecular weight excluding hydrogens is 337 g/mol. The highest BCUT2D eigenvalue weighted by Crippen LogP contribution is 2.19. The van der Waals surface area contributed by atoms with Gasteiger partial charge in [-0.2, -0.15) is 5.10 Å². The van der Waals surface area contributed by atoms with E-state index in [1.54, 1.807) is 42.5 Å². The summed E-state index contributed by atoms with van der Waals surface area (Å²) in [6.07, 6.45) is 1.41. The van der Waals surface area contributed by atoms with Gasteiger partial charge in [0.15, 0.2) is 0 Å². The van der Waals surface area contributed by atoms with Crippen molar-refractivity contribution in [2.24, 2.45) is 5.10 Å². The van der Waals surface area contributed by atoms with Crippen molar-refractivity contribution in [3.8, 4) is 0 Å². The predicted molar refractivity (Wildman–Crippen MR) is 92.0 cm³/mol. The Labute approximate surface area is 143 Å². The summed E-state index contributed by atoms with van der Waals surface area (Å²) in [6.45, 7) is 1.84. The lowest BCUT2D eigenvalue weighted by atomic mass is 10.2. The van der Waals surface area contributed by atoms with E-state index in [9.17, 15) is 9.59 Å². The average Bonchev–Trinajstić information content (AvgIpc) is 2.52. The highest BCUT2D eigenvalue weighted by Gasteiger charge is 2.13. The Balaban J connectivity index is 1.90. The molecule has 2 aromatic carbocycles. The number of aryl methyl sites for hydroxylation is 1. The van der Waals surface area contributed by atoms with Crippen molar-refractivity contribution in [2.75, 3.05) is 5.32 Å². The number of hydrazone groups is 1. The Bertz CT molecular complexity index is 758. The van der Waals surface area contributed by atoms with Crippen molar-refractivity contribution in [3.05, 3.63) is 63.6 Å². The molecule has 0 radical (unpaired) electrons. The molecule has 0 spiro atoms. The van der Waals surface area contributed by atoms with Gasteiger partial charge in [0.05, 0.1) is 6.21 Å². The van der Waals surface area contributed by atoms with Crippen molar-refractivity contribution < 1.29 is 9.59 Å². The molecule has 2 amide bonds. The molecule has 0 aromatic heterocycles. The standard InChI is InChI=1S/C16H13Cl2N3O2/c1-10-2-7-13(8-14(10)18)20-15(22)16(23)21-19-9-11-3-5-12(17)6-4-11/h2-9H,1H3,(H,20,22)(H,21,23)/b19-9+. The Kier molecular flexibility index (Phi) is 5.73.